The maximum Gasteiger partial charge on any atom is 0.235 e. The molecule has 2 unspecified atom stereocenters. The second-order valence-corrected chi connectivity index (χ2v) is 3.25. The predicted octanol–water partition coefficient (Wildman–Crippen LogP) is -1.23. The summed E-state index contributed by atoms with van der Waals surface area (Å²) in [7, 11) is 3.52. The molecule has 0 aromatic rings. The van der Waals surface area contributed by atoms with Gasteiger partial charge in [-0.1, -0.05) is 0 Å². The van der Waals surface area contributed by atoms with E-state index < -0.39 is 11.9 Å². The second-order valence-electron chi connectivity index (χ2n) is 3.25. The summed E-state index contributed by atoms with van der Waals surface area (Å²) < 4.78 is 4.97. The molecule has 0 aliphatic heterocycles. The van der Waals surface area contributed by atoms with E-state index in [1.54, 1.807) is 7.11 Å². The first kappa shape index (κ1) is 12.3. The fourth-order valence-corrected chi connectivity index (χ4v) is 0.949. The molecule has 0 aromatic heterocycles. The van der Waals surface area contributed by atoms with Gasteiger partial charge in [0.15, 0.2) is 0 Å². The molecule has 78 valence electrons. The van der Waals surface area contributed by atoms with Crippen LogP contribution < -0.4 is 11.5 Å². The number of ether oxygens (including phenoxy) is 1. The number of carbonyl (C=O) groups is 1. The van der Waals surface area contributed by atoms with Gasteiger partial charge in [0.25, 0.3) is 0 Å². The molecule has 2 atom stereocenters. The molecule has 0 aliphatic rings. The normalized spacial score (nSPS) is 15.8. The molecule has 0 saturated heterocycles. The number of amides is 1. The van der Waals surface area contributed by atoms with Gasteiger partial charge in [0, 0.05) is 19.7 Å². The molecule has 4 N–H and O–H groups in total. The number of hydrogen-bond donors (Lipinski definition) is 2. The third-order valence-corrected chi connectivity index (χ3v) is 2.01. The minimum Gasteiger partial charge on any atom is -0.383 e. The predicted molar refractivity (Wildman–Crippen MR) is 51.1 cm³/mol. The number of hydrogen-bond acceptors (Lipinski definition) is 4. The van der Waals surface area contributed by atoms with Gasteiger partial charge in [-0.25, -0.2) is 0 Å². The number of carbonyl (C=O) groups excluding carboxylic acids is 1. The highest BCUT2D eigenvalue weighted by Gasteiger charge is 2.15. The van der Waals surface area contributed by atoms with Crippen LogP contribution in [0.15, 0.2) is 0 Å². The van der Waals surface area contributed by atoms with Crippen LogP contribution in [-0.2, 0) is 9.53 Å². The molecular formula is C8H19N3O2. The Morgan fingerprint density at radius 2 is 2.15 bits per heavy atom. The van der Waals surface area contributed by atoms with Crippen molar-refractivity contribution in [2.45, 2.75) is 19.0 Å². The second kappa shape index (κ2) is 5.90. The summed E-state index contributed by atoms with van der Waals surface area (Å²) in [6.45, 7) is 3.07. The first-order valence-electron chi connectivity index (χ1n) is 4.23. The van der Waals surface area contributed by atoms with Crippen LogP contribution in [0.25, 0.3) is 0 Å². The molecule has 0 aromatic carbocycles. The van der Waals surface area contributed by atoms with Gasteiger partial charge in [0.1, 0.15) is 0 Å². The molecule has 5 nitrogen and oxygen atoms in total. The SMILES string of the molecule is COCC(C)N(C)CC(N)C(N)=O. The van der Waals surface area contributed by atoms with Gasteiger partial charge >= 0.3 is 0 Å². The van der Waals surface area contributed by atoms with Gasteiger partial charge in [0.05, 0.1) is 12.6 Å². The Morgan fingerprint density at radius 1 is 1.62 bits per heavy atom. The maximum atomic E-state index is 10.7. The minimum absolute atomic E-state index is 0.232. The minimum atomic E-state index is -0.607. The largest absolute Gasteiger partial charge is 0.383 e. The Morgan fingerprint density at radius 3 is 2.54 bits per heavy atom. The standard InChI is InChI=1S/C8H19N3O2/c1-6(5-13-3)11(2)4-7(9)8(10)12/h6-7H,4-5,9H2,1-3H3,(H2,10,12). The van der Waals surface area contributed by atoms with Crippen molar-refractivity contribution in [1.82, 2.24) is 4.90 Å². The summed E-state index contributed by atoms with van der Waals surface area (Å²) in [5.41, 5.74) is 10.5. The molecule has 0 radical (unpaired) electrons. The zero-order chi connectivity index (χ0) is 10.4. The third-order valence-electron chi connectivity index (χ3n) is 2.01. The fraction of sp³-hybridized carbons (Fsp3) is 0.875. The Bertz CT molecular complexity index is 163. The number of nitrogens with two attached hydrogens (primary N) is 2. The topological polar surface area (TPSA) is 81.6 Å². The van der Waals surface area contributed by atoms with Gasteiger partial charge in [-0.3, -0.25) is 9.69 Å². The highest BCUT2D eigenvalue weighted by Crippen LogP contribution is 1.96. The highest BCUT2D eigenvalue weighted by molar-refractivity contribution is 5.79. The van der Waals surface area contributed by atoms with Crippen molar-refractivity contribution in [1.29, 1.82) is 0 Å². The fourth-order valence-electron chi connectivity index (χ4n) is 0.949. The quantitative estimate of drug-likeness (QED) is 0.548. The van der Waals surface area contributed by atoms with Gasteiger partial charge in [0.2, 0.25) is 5.91 Å². The number of methoxy groups -OCH3 is 1. The molecule has 0 heterocycles. The van der Waals surface area contributed by atoms with E-state index in [9.17, 15) is 4.79 Å². The summed E-state index contributed by atoms with van der Waals surface area (Å²) in [6, 6.07) is -0.375. The van der Waals surface area contributed by atoms with E-state index in [-0.39, 0.29) is 6.04 Å². The van der Waals surface area contributed by atoms with Crippen LogP contribution in [0.5, 0.6) is 0 Å². The first-order valence-corrected chi connectivity index (χ1v) is 4.23. The molecule has 0 rings (SSSR count). The Balaban J connectivity index is 3.84. The average Bonchev–Trinajstić information content (AvgIpc) is 2.04. The zero-order valence-corrected chi connectivity index (χ0v) is 8.49. The molecule has 13 heavy (non-hydrogen) atoms. The van der Waals surface area contributed by atoms with Crippen LogP contribution in [0.1, 0.15) is 6.92 Å². The number of likely N-dealkylation sites (N-methyl/N-ethyl adjacent to an activating group) is 1. The Kier molecular flexibility index (Phi) is 5.61. The van der Waals surface area contributed by atoms with E-state index in [2.05, 4.69) is 0 Å². The summed E-state index contributed by atoms with van der Waals surface area (Å²) in [6.07, 6.45) is 0. The molecule has 5 heteroatoms. The van der Waals surface area contributed by atoms with Crippen LogP contribution >= 0.6 is 0 Å². The van der Waals surface area contributed by atoms with E-state index in [1.807, 2.05) is 18.9 Å². The number of nitrogens with zero attached hydrogens (tertiary/aromatic N) is 1. The lowest BCUT2D eigenvalue weighted by atomic mass is 10.2. The maximum absolute atomic E-state index is 10.7. The van der Waals surface area contributed by atoms with Crippen LogP contribution in [-0.4, -0.2) is 50.2 Å². The van der Waals surface area contributed by atoms with Crippen molar-refractivity contribution in [3.05, 3.63) is 0 Å². The van der Waals surface area contributed by atoms with Crippen molar-refractivity contribution in [2.24, 2.45) is 11.5 Å². The van der Waals surface area contributed by atoms with Gasteiger partial charge in [-0.2, -0.15) is 0 Å². The average molecular weight is 189 g/mol. The van der Waals surface area contributed by atoms with Crippen molar-refractivity contribution < 1.29 is 9.53 Å². The number of rotatable bonds is 6. The third kappa shape index (κ3) is 4.82. The van der Waals surface area contributed by atoms with Crippen LogP contribution in [0, 0.1) is 0 Å². The van der Waals surface area contributed by atoms with Crippen molar-refractivity contribution in [3.8, 4) is 0 Å². The summed E-state index contributed by atoms with van der Waals surface area (Å²) in [5, 5.41) is 0. The lowest BCUT2D eigenvalue weighted by molar-refractivity contribution is -0.119. The van der Waals surface area contributed by atoms with Crippen LogP contribution in [0.3, 0.4) is 0 Å². The summed E-state index contributed by atoms with van der Waals surface area (Å²) in [4.78, 5) is 12.6. The molecule has 0 saturated carbocycles. The summed E-state index contributed by atoms with van der Waals surface area (Å²) >= 11 is 0. The Labute approximate surface area is 79.0 Å². The zero-order valence-electron chi connectivity index (χ0n) is 8.49. The summed E-state index contributed by atoms with van der Waals surface area (Å²) in [5.74, 6) is -0.475. The molecular weight excluding hydrogens is 170 g/mol. The Hall–Kier alpha value is -0.650. The van der Waals surface area contributed by atoms with Crippen LogP contribution in [0.4, 0.5) is 0 Å². The van der Waals surface area contributed by atoms with E-state index in [4.69, 9.17) is 16.2 Å². The molecule has 0 spiro atoms. The lowest BCUT2D eigenvalue weighted by Crippen LogP contribution is -2.47. The monoisotopic (exact) mass is 189 g/mol. The van der Waals surface area contributed by atoms with E-state index >= 15 is 0 Å². The molecule has 0 bridgehead atoms. The van der Waals surface area contributed by atoms with Crippen molar-refractivity contribution in [2.75, 3.05) is 27.3 Å². The van der Waals surface area contributed by atoms with E-state index in [0.717, 1.165) is 0 Å². The van der Waals surface area contributed by atoms with E-state index in [1.165, 1.54) is 0 Å². The lowest BCUT2D eigenvalue weighted by Gasteiger charge is -2.25. The van der Waals surface area contributed by atoms with E-state index in [0.29, 0.717) is 13.2 Å². The van der Waals surface area contributed by atoms with Gasteiger partial charge in [-0.05, 0) is 14.0 Å². The first-order chi connectivity index (χ1) is 5.99. The van der Waals surface area contributed by atoms with Crippen molar-refractivity contribution in [3.63, 3.8) is 0 Å². The smallest absolute Gasteiger partial charge is 0.235 e. The van der Waals surface area contributed by atoms with Gasteiger partial charge < -0.3 is 16.2 Å². The molecule has 1 amide bonds. The molecule has 0 aliphatic carbocycles. The number of primary amides is 1. The van der Waals surface area contributed by atoms with Crippen LogP contribution in [0.2, 0.25) is 0 Å². The molecule has 0 fully saturated rings. The van der Waals surface area contributed by atoms with Gasteiger partial charge in [-0.15, -0.1) is 0 Å². The highest BCUT2D eigenvalue weighted by atomic mass is 16.5. The van der Waals surface area contributed by atoms with Crippen molar-refractivity contribution >= 4 is 5.91 Å².